The summed E-state index contributed by atoms with van der Waals surface area (Å²) in [5.74, 6) is 2.75. The van der Waals surface area contributed by atoms with Gasteiger partial charge in [-0.1, -0.05) is 88.4 Å². The van der Waals surface area contributed by atoms with Gasteiger partial charge in [0, 0.05) is 11.3 Å². The van der Waals surface area contributed by atoms with E-state index >= 15 is 0 Å². The van der Waals surface area contributed by atoms with Crippen molar-refractivity contribution in [1.29, 1.82) is 0 Å². The standard InChI is InChI=1S/C16H17NO.C15H16O/c1-12(2)13-8-10-15(11-9-13)17-16(18)14-6-4-3-5-7-14;1-12(2)13-8-10-15(11-9-13)16-14-6-4-3-5-7-14/h3-12H,1-2H3,(H,17,18);3-12H,1-2H3. The molecule has 0 heterocycles. The molecule has 0 aromatic heterocycles. The number of carbonyl (C=O) groups excluding carboxylic acids is 1. The lowest BCUT2D eigenvalue weighted by molar-refractivity contribution is 0.102. The van der Waals surface area contributed by atoms with E-state index in [1.807, 2.05) is 84.9 Å². The van der Waals surface area contributed by atoms with Crippen LogP contribution in [0.4, 0.5) is 5.69 Å². The molecule has 0 bridgehead atoms. The highest BCUT2D eigenvalue weighted by atomic mass is 16.5. The molecule has 0 spiro atoms. The number of anilines is 1. The molecule has 4 aromatic carbocycles. The molecule has 4 rings (SSSR count). The summed E-state index contributed by atoms with van der Waals surface area (Å²) in [6, 6.07) is 35.3. The first-order valence-corrected chi connectivity index (χ1v) is 11.7. The van der Waals surface area contributed by atoms with Crippen LogP contribution in [0.25, 0.3) is 0 Å². The Hall–Kier alpha value is -3.85. The normalized spacial score (nSPS) is 10.4. The highest BCUT2D eigenvalue weighted by molar-refractivity contribution is 6.04. The van der Waals surface area contributed by atoms with E-state index in [1.165, 1.54) is 11.1 Å². The number of nitrogens with one attached hydrogen (secondary N) is 1. The van der Waals surface area contributed by atoms with Gasteiger partial charge in [0.25, 0.3) is 5.91 Å². The summed E-state index contributed by atoms with van der Waals surface area (Å²) in [5, 5.41) is 2.89. The van der Waals surface area contributed by atoms with Crippen molar-refractivity contribution < 1.29 is 9.53 Å². The van der Waals surface area contributed by atoms with Crippen LogP contribution in [0.3, 0.4) is 0 Å². The van der Waals surface area contributed by atoms with Crippen LogP contribution in [-0.4, -0.2) is 5.91 Å². The second kappa shape index (κ2) is 12.4. The topological polar surface area (TPSA) is 38.3 Å². The molecule has 1 N–H and O–H groups in total. The predicted octanol–water partition coefficient (Wildman–Crippen LogP) is 8.66. The number of hydrogen-bond donors (Lipinski definition) is 1. The number of carbonyl (C=O) groups is 1. The van der Waals surface area contributed by atoms with Crippen molar-refractivity contribution >= 4 is 11.6 Å². The van der Waals surface area contributed by atoms with E-state index in [0.29, 0.717) is 17.4 Å². The third-order valence-electron chi connectivity index (χ3n) is 5.40. The highest BCUT2D eigenvalue weighted by Crippen LogP contribution is 2.23. The Morgan fingerprint density at radius 2 is 1.03 bits per heavy atom. The molecule has 0 unspecified atom stereocenters. The van der Waals surface area contributed by atoms with Gasteiger partial charge in [-0.25, -0.2) is 0 Å². The Balaban J connectivity index is 0.000000192. The molecule has 1 amide bonds. The third kappa shape index (κ3) is 7.63. The molecule has 3 heteroatoms. The number of benzene rings is 4. The smallest absolute Gasteiger partial charge is 0.255 e. The quantitative estimate of drug-likeness (QED) is 0.318. The molecular formula is C31H33NO2. The van der Waals surface area contributed by atoms with Gasteiger partial charge in [0.1, 0.15) is 11.5 Å². The molecule has 0 aliphatic rings. The van der Waals surface area contributed by atoms with Crippen molar-refractivity contribution in [2.75, 3.05) is 5.32 Å². The molecular weight excluding hydrogens is 418 g/mol. The first-order valence-electron chi connectivity index (χ1n) is 11.7. The van der Waals surface area contributed by atoms with Crippen LogP contribution in [0.15, 0.2) is 109 Å². The van der Waals surface area contributed by atoms with Crippen molar-refractivity contribution in [2.45, 2.75) is 39.5 Å². The Bertz CT molecular complexity index is 1130. The number of para-hydroxylation sites is 1. The highest BCUT2D eigenvalue weighted by Gasteiger charge is 2.05. The van der Waals surface area contributed by atoms with Gasteiger partial charge >= 0.3 is 0 Å². The maximum atomic E-state index is 11.9. The summed E-state index contributed by atoms with van der Waals surface area (Å²) < 4.78 is 5.71. The van der Waals surface area contributed by atoms with Crippen molar-refractivity contribution in [2.24, 2.45) is 0 Å². The second-order valence-electron chi connectivity index (χ2n) is 8.74. The van der Waals surface area contributed by atoms with Crippen molar-refractivity contribution in [1.82, 2.24) is 0 Å². The van der Waals surface area contributed by atoms with E-state index in [4.69, 9.17) is 4.74 Å². The largest absolute Gasteiger partial charge is 0.457 e. The van der Waals surface area contributed by atoms with Gasteiger partial charge in [-0.2, -0.15) is 0 Å². The van der Waals surface area contributed by atoms with E-state index in [1.54, 1.807) is 12.1 Å². The molecule has 0 saturated carbocycles. The summed E-state index contributed by atoms with van der Waals surface area (Å²) in [7, 11) is 0. The average Bonchev–Trinajstić information content (AvgIpc) is 2.86. The first-order chi connectivity index (χ1) is 16.4. The molecule has 34 heavy (non-hydrogen) atoms. The van der Waals surface area contributed by atoms with Gasteiger partial charge < -0.3 is 10.1 Å². The average molecular weight is 452 g/mol. The first kappa shape index (κ1) is 24.8. The fourth-order valence-corrected chi connectivity index (χ4v) is 3.29. The molecule has 0 aliphatic carbocycles. The lowest BCUT2D eigenvalue weighted by Crippen LogP contribution is -2.11. The van der Waals surface area contributed by atoms with Crippen molar-refractivity contribution in [3.63, 3.8) is 0 Å². The lowest BCUT2D eigenvalue weighted by Gasteiger charge is -2.08. The Morgan fingerprint density at radius 3 is 1.53 bits per heavy atom. The lowest BCUT2D eigenvalue weighted by atomic mass is 10.0. The second-order valence-corrected chi connectivity index (χ2v) is 8.74. The maximum absolute atomic E-state index is 11.9. The van der Waals surface area contributed by atoms with Crippen molar-refractivity contribution in [3.05, 3.63) is 126 Å². The molecule has 0 fully saturated rings. The van der Waals surface area contributed by atoms with Gasteiger partial charge in [-0.05, 0) is 71.5 Å². The van der Waals surface area contributed by atoms with E-state index < -0.39 is 0 Å². The van der Waals surface area contributed by atoms with Crippen molar-refractivity contribution in [3.8, 4) is 11.5 Å². The maximum Gasteiger partial charge on any atom is 0.255 e. The Morgan fingerprint density at radius 1 is 0.588 bits per heavy atom. The Kier molecular flexibility index (Phi) is 9.04. The molecule has 0 atom stereocenters. The van der Waals surface area contributed by atoms with Crippen LogP contribution in [0.1, 0.15) is 61.0 Å². The Labute approximate surface area is 203 Å². The summed E-state index contributed by atoms with van der Waals surface area (Å²) in [6.45, 7) is 8.68. The minimum atomic E-state index is -0.0760. The molecule has 0 radical (unpaired) electrons. The fraction of sp³-hybridized carbons (Fsp3) is 0.194. The number of amides is 1. The summed E-state index contributed by atoms with van der Waals surface area (Å²) >= 11 is 0. The zero-order chi connectivity index (χ0) is 24.3. The zero-order valence-electron chi connectivity index (χ0n) is 20.4. The number of ether oxygens (including phenoxy) is 1. The SMILES string of the molecule is CC(C)c1ccc(NC(=O)c2ccccc2)cc1.CC(C)c1ccc(Oc2ccccc2)cc1. The minimum Gasteiger partial charge on any atom is -0.457 e. The van der Waals surface area contributed by atoms with Gasteiger partial charge in [0.05, 0.1) is 0 Å². The van der Waals surface area contributed by atoms with Crippen LogP contribution in [0, 0.1) is 0 Å². The van der Waals surface area contributed by atoms with Crippen LogP contribution in [0.5, 0.6) is 11.5 Å². The molecule has 0 aliphatic heterocycles. The van der Waals surface area contributed by atoms with Crippen LogP contribution in [-0.2, 0) is 0 Å². The predicted molar refractivity (Wildman–Crippen MR) is 142 cm³/mol. The monoisotopic (exact) mass is 451 g/mol. The van der Waals surface area contributed by atoms with Crippen LogP contribution < -0.4 is 10.1 Å². The number of hydrogen-bond acceptors (Lipinski definition) is 2. The molecule has 0 saturated heterocycles. The molecule has 4 aromatic rings. The third-order valence-corrected chi connectivity index (χ3v) is 5.40. The van der Waals surface area contributed by atoms with Gasteiger partial charge in [0.15, 0.2) is 0 Å². The van der Waals surface area contributed by atoms with Gasteiger partial charge in [0.2, 0.25) is 0 Å². The van der Waals surface area contributed by atoms with Gasteiger partial charge in [-0.3, -0.25) is 4.79 Å². The van der Waals surface area contributed by atoms with E-state index in [2.05, 4.69) is 45.1 Å². The van der Waals surface area contributed by atoms with E-state index in [-0.39, 0.29) is 5.91 Å². The summed E-state index contributed by atoms with van der Waals surface area (Å²) in [6.07, 6.45) is 0. The zero-order valence-corrected chi connectivity index (χ0v) is 20.4. The van der Waals surface area contributed by atoms with Crippen LogP contribution in [0.2, 0.25) is 0 Å². The summed E-state index contributed by atoms with van der Waals surface area (Å²) in [4.78, 5) is 11.9. The molecule has 3 nitrogen and oxygen atoms in total. The summed E-state index contributed by atoms with van der Waals surface area (Å²) in [5.41, 5.74) is 4.10. The van der Waals surface area contributed by atoms with E-state index in [9.17, 15) is 4.79 Å². The number of rotatable bonds is 6. The van der Waals surface area contributed by atoms with Crippen LogP contribution >= 0.6 is 0 Å². The minimum absolute atomic E-state index is 0.0760. The van der Waals surface area contributed by atoms with E-state index in [0.717, 1.165) is 17.2 Å². The van der Waals surface area contributed by atoms with Gasteiger partial charge in [-0.15, -0.1) is 0 Å². The fourth-order valence-electron chi connectivity index (χ4n) is 3.29. The molecule has 174 valence electrons.